The zero-order chi connectivity index (χ0) is 31.4. The number of halogens is 1. The number of carbonyl (C=O) groups is 1. The number of nitrogens with zero attached hydrogens (tertiary/aromatic N) is 1. The van der Waals surface area contributed by atoms with Crippen LogP contribution in [0.2, 0.25) is 0 Å². The van der Waals surface area contributed by atoms with Gasteiger partial charge < -0.3 is 33.9 Å². The molecule has 0 radical (unpaired) electrons. The summed E-state index contributed by atoms with van der Waals surface area (Å²) in [4.78, 5) is 16.0. The number of hydrogen-bond donors (Lipinski definition) is 2. The summed E-state index contributed by atoms with van der Waals surface area (Å²) in [6.07, 6.45) is 2.52. The SMILES string of the molecule is CCOC(=O)c1c(C)cc(O)cc1O.CCOc1ccc(Cc2nccc3cc(OCC)c(OCC)cc23)cc1OCC.Cl. The molecule has 0 aliphatic heterocycles. The minimum absolute atomic E-state index is 0. The summed E-state index contributed by atoms with van der Waals surface area (Å²) in [5.74, 6) is 2.12. The number of pyridine rings is 1. The maximum absolute atomic E-state index is 11.3. The highest BCUT2D eigenvalue weighted by molar-refractivity contribution is 5.94. The number of hydrogen-bond acceptors (Lipinski definition) is 9. The lowest BCUT2D eigenvalue weighted by atomic mass is 10.0. The maximum Gasteiger partial charge on any atom is 0.342 e. The van der Waals surface area contributed by atoms with Gasteiger partial charge in [-0.15, -0.1) is 12.4 Å². The Morgan fingerprint density at radius 1 is 0.727 bits per heavy atom. The van der Waals surface area contributed by atoms with Crippen molar-refractivity contribution in [2.75, 3.05) is 33.0 Å². The van der Waals surface area contributed by atoms with Crippen LogP contribution in [-0.2, 0) is 11.2 Å². The second-order valence-electron chi connectivity index (χ2n) is 9.34. The Hall–Kier alpha value is -4.37. The number of esters is 1. The molecule has 9 nitrogen and oxygen atoms in total. The van der Waals surface area contributed by atoms with Crippen molar-refractivity contribution in [1.82, 2.24) is 4.98 Å². The minimum atomic E-state index is -0.581. The highest BCUT2D eigenvalue weighted by atomic mass is 35.5. The van der Waals surface area contributed by atoms with E-state index in [9.17, 15) is 9.90 Å². The van der Waals surface area contributed by atoms with E-state index in [1.165, 1.54) is 6.07 Å². The van der Waals surface area contributed by atoms with E-state index in [4.69, 9.17) is 28.8 Å². The number of carbonyl (C=O) groups excluding carboxylic acids is 1. The molecule has 1 aromatic heterocycles. The Balaban J connectivity index is 0.000000380. The third-order valence-electron chi connectivity index (χ3n) is 6.27. The van der Waals surface area contributed by atoms with Crippen molar-refractivity contribution < 1.29 is 38.7 Å². The number of aryl methyl sites for hydroxylation is 1. The molecule has 3 aromatic carbocycles. The van der Waals surface area contributed by atoms with Crippen LogP contribution in [0.4, 0.5) is 0 Å². The first-order chi connectivity index (χ1) is 20.8. The van der Waals surface area contributed by atoms with E-state index in [0.29, 0.717) is 38.4 Å². The van der Waals surface area contributed by atoms with Gasteiger partial charge >= 0.3 is 5.97 Å². The number of fused-ring (bicyclic) bond motifs is 1. The van der Waals surface area contributed by atoms with Crippen molar-refractivity contribution in [1.29, 1.82) is 0 Å². The molecule has 1 heterocycles. The van der Waals surface area contributed by atoms with Crippen LogP contribution in [0.3, 0.4) is 0 Å². The number of phenols is 2. The van der Waals surface area contributed by atoms with Gasteiger partial charge in [-0.2, -0.15) is 0 Å². The number of phenolic OH excluding ortho intramolecular Hbond substituents is 2. The van der Waals surface area contributed by atoms with E-state index in [-0.39, 0.29) is 36.1 Å². The summed E-state index contributed by atoms with van der Waals surface area (Å²) in [5.41, 5.74) is 2.69. The van der Waals surface area contributed by atoms with E-state index >= 15 is 0 Å². The lowest BCUT2D eigenvalue weighted by Gasteiger charge is -2.15. The fraction of sp³-hybridized carbons (Fsp3) is 0.353. The van der Waals surface area contributed by atoms with Gasteiger partial charge in [0, 0.05) is 24.1 Å². The van der Waals surface area contributed by atoms with Crippen molar-refractivity contribution >= 4 is 29.1 Å². The van der Waals surface area contributed by atoms with Crippen LogP contribution in [0.15, 0.2) is 54.7 Å². The number of ether oxygens (including phenoxy) is 5. The molecule has 0 fully saturated rings. The molecule has 0 atom stereocenters. The van der Waals surface area contributed by atoms with Crippen LogP contribution < -0.4 is 18.9 Å². The average molecular weight is 628 g/mol. The molecule has 4 rings (SSSR count). The van der Waals surface area contributed by atoms with Gasteiger partial charge in [0.25, 0.3) is 0 Å². The van der Waals surface area contributed by atoms with E-state index in [2.05, 4.69) is 11.1 Å². The molecular formula is C34H42ClNO8. The van der Waals surface area contributed by atoms with Crippen LogP contribution in [0, 0.1) is 6.92 Å². The summed E-state index contributed by atoms with van der Waals surface area (Å²) < 4.78 is 27.8. The molecule has 0 saturated carbocycles. The first-order valence-corrected chi connectivity index (χ1v) is 14.5. The molecule has 44 heavy (non-hydrogen) atoms. The highest BCUT2D eigenvalue weighted by Crippen LogP contribution is 2.35. The Bertz CT molecular complexity index is 1500. The smallest absolute Gasteiger partial charge is 0.342 e. The Morgan fingerprint density at radius 3 is 1.91 bits per heavy atom. The molecule has 0 unspecified atom stereocenters. The molecule has 10 heteroatoms. The van der Waals surface area contributed by atoms with E-state index in [0.717, 1.165) is 51.1 Å². The fourth-order valence-corrected chi connectivity index (χ4v) is 4.54. The zero-order valence-corrected chi connectivity index (χ0v) is 27.0. The molecule has 0 spiro atoms. The molecular weight excluding hydrogens is 586 g/mol. The van der Waals surface area contributed by atoms with Crippen molar-refractivity contribution in [3.05, 3.63) is 77.1 Å². The van der Waals surface area contributed by atoms with Gasteiger partial charge in [0.2, 0.25) is 0 Å². The van der Waals surface area contributed by atoms with Crippen LogP contribution in [0.25, 0.3) is 10.8 Å². The number of rotatable bonds is 12. The molecule has 0 aliphatic rings. The first-order valence-electron chi connectivity index (χ1n) is 14.5. The summed E-state index contributed by atoms with van der Waals surface area (Å²) in [7, 11) is 0. The van der Waals surface area contributed by atoms with Crippen molar-refractivity contribution in [2.24, 2.45) is 0 Å². The topological polar surface area (TPSA) is 117 Å². The highest BCUT2D eigenvalue weighted by Gasteiger charge is 2.16. The third-order valence-corrected chi connectivity index (χ3v) is 6.27. The van der Waals surface area contributed by atoms with Crippen molar-refractivity contribution in [3.8, 4) is 34.5 Å². The Morgan fingerprint density at radius 2 is 1.32 bits per heavy atom. The predicted octanol–water partition coefficient (Wildman–Crippen LogP) is 7.43. The quantitative estimate of drug-likeness (QED) is 0.155. The average Bonchev–Trinajstić information content (AvgIpc) is 2.95. The van der Waals surface area contributed by atoms with Crippen molar-refractivity contribution in [2.45, 2.75) is 48.0 Å². The van der Waals surface area contributed by atoms with Crippen LogP contribution >= 0.6 is 12.4 Å². The Labute approximate surface area is 265 Å². The summed E-state index contributed by atoms with van der Waals surface area (Å²) in [5, 5.41) is 20.7. The second kappa shape index (κ2) is 17.7. The van der Waals surface area contributed by atoms with Crippen LogP contribution in [-0.4, -0.2) is 54.2 Å². The fourth-order valence-electron chi connectivity index (χ4n) is 4.54. The van der Waals surface area contributed by atoms with Gasteiger partial charge in [-0.3, -0.25) is 4.98 Å². The van der Waals surface area contributed by atoms with Crippen LogP contribution in [0.1, 0.15) is 61.8 Å². The molecule has 0 saturated heterocycles. The first kappa shape index (κ1) is 35.8. The molecule has 0 bridgehead atoms. The standard InChI is InChI=1S/C24H29NO4.C10H12O4.ClH/c1-5-26-21-10-9-17(14-22(21)27-6-2)13-20-19-16-24(29-8-4)23(28-7-3)15-18(19)11-12-25-20;1-3-14-10(13)9-6(2)4-7(11)5-8(9)12;/h9-12,14-16H,5-8,13H2,1-4H3;4-5,11-12H,3H2,1-2H3;1H. The lowest BCUT2D eigenvalue weighted by molar-refractivity contribution is 0.0522. The minimum Gasteiger partial charge on any atom is -0.508 e. The molecule has 2 N–H and O–H groups in total. The van der Waals surface area contributed by atoms with Gasteiger partial charge in [-0.05, 0) is 94.5 Å². The van der Waals surface area contributed by atoms with Gasteiger partial charge in [0.1, 0.15) is 17.1 Å². The number of aromatic hydroxyl groups is 2. The third kappa shape index (κ3) is 9.31. The van der Waals surface area contributed by atoms with Gasteiger partial charge in [-0.1, -0.05) is 6.07 Å². The largest absolute Gasteiger partial charge is 0.508 e. The summed E-state index contributed by atoms with van der Waals surface area (Å²) in [6, 6.07) is 14.6. The predicted molar refractivity (Wildman–Crippen MR) is 173 cm³/mol. The second-order valence-corrected chi connectivity index (χ2v) is 9.34. The zero-order valence-electron chi connectivity index (χ0n) is 26.1. The molecule has 0 amide bonds. The van der Waals surface area contributed by atoms with Crippen LogP contribution in [0.5, 0.6) is 34.5 Å². The number of aromatic nitrogens is 1. The van der Waals surface area contributed by atoms with E-state index in [1.54, 1.807) is 13.8 Å². The van der Waals surface area contributed by atoms with E-state index < -0.39 is 5.97 Å². The normalized spacial score (nSPS) is 10.2. The van der Waals surface area contributed by atoms with E-state index in [1.807, 2.05) is 64.2 Å². The Kier molecular flexibility index (Phi) is 14.4. The molecule has 238 valence electrons. The molecule has 4 aromatic rings. The van der Waals surface area contributed by atoms with Gasteiger partial charge in [0.05, 0.1) is 38.7 Å². The van der Waals surface area contributed by atoms with Crippen molar-refractivity contribution in [3.63, 3.8) is 0 Å². The van der Waals surface area contributed by atoms with Gasteiger partial charge in [-0.25, -0.2) is 4.79 Å². The number of benzene rings is 3. The monoisotopic (exact) mass is 627 g/mol. The lowest BCUT2D eigenvalue weighted by Crippen LogP contribution is -2.06. The summed E-state index contributed by atoms with van der Waals surface area (Å²) in [6.45, 7) is 13.8. The summed E-state index contributed by atoms with van der Waals surface area (Å²) >= 11 is 0. The van der Waals surface area contributed by atoms with Gasteiger partial charge in [0.15, 0.2) is 23.0 Å². The molecule has 0 aliphatic carbocycles. The maximum atomic E-state index is 11.3.